The van der Waals surface area contributed by atoms with Crippen LogP contribution in [0.3, 0.4) is 0 Å². The minimum absolute atomic E-state index is 0.0871. The topological polar surface area (TPSA) is 87.0 Å². The standard InChI is InChI=1S/C23H24Cl2N4O4/c24-18-13-17(14-19(25)15-18)23(31)28-11-9-27(10-12-28)22(30)16-5-7-26(8-6-16)20-3-1-2-4-21(20)29(32)33/h1-4,13-16H,5-12H2. The van der Waals surface area contributed by atoms with Gasteiger partial charge in [0.05, 0.1) is 4.92 Å². The van der Waals surface area contributed by atoms with Gasteiger partial charge < -0.3 is 14.7 Å². The van der Waals surface area contributed by atoms with Crippen molar-refractivity contribution in [3.63, 3.8) is 0 Å². The second kappa shape index (κ2) is 9.97. The number of nitro benzene ring substituents is 1. The van der Waals surface area contributed by atoms with Crippen LogP contribution in [0.2, 0.25) is 10.0 Å². The lowest BCUT2D eigenvalue weighted by molar-refractivity contribution is -0.384. The average Bonchev–Trinajstić information content (AvgIpc) is 2.82. The Kier molecular flexibility index (Phi) is 7.05. The van der Waals surface area contributed by atoms with E-state index in [-0.39, 0.29) is 28.3 Å². The number of halogens is 2. The third kappa shape index (κ3) is 5.23. The molecular weight excluding hydrogens is 467 g/mol. The number of rotatable bonds is 4. The molecule has 0 aromatic heterocycles. The van der Waals surface area contributed by atoms with Crippen molar-refractivity contribution in [3.05, 3.63) is 68.2 Å². The number of piperazine rings is 1. The van der Waals surface area contributed by atoms with Gasteiger partial charge in [-0.3, -0.25) is 19.7 Å². The summed E-state index contributed by atoms with van der Waals surface area (Å²) < 4.78 is 0. The van der Waals surface area contributed by atoms with E-state index in [1.54, 1.807) is 41.3 Å². The molecule has 2 saturated heterocycles. The van der Waals surface area contributed by atoms with Crippen LogP contribution >= 0.6 is 23.2 Å². The number of carbonyl (C=O) groups excluding carboxylic acids is 2. The first-order valence-electron chi connectivity index (χ1n) is 10.9. The summed E-state index contributed by atoms with van der Waals surface area (Å²) in [6, 6.07) is 11.5. The van der Waals surface area contributed by atoms with Gasteiger partial charge in [0.15, 0.2) is 0 Å². The molecule has 8 nitrogen and oxygen atoms in total. The lowest BCUT2D eigenvalue weighted by Crippen LogP contribution is -2.53. The summed E-state index contributed by atoms with van der Waals surface area (Å²) >= 11 is 12.0. The largest absolute Gasteiger partial charge is 0.366 e. The molecule has 0 radical (unpaired) electrons. The van der Waals surface area contributed by atoms with Gasteiger partial charge in [-0.1, -0.05) is 35.3 Å². The van der Waals surface area contributed by atoms with Crippen molar-refractivity contribution in [1.29, 1.82) is 0 Å². The Morgan fingerprint density at radius 1 is 0.879 bits per heavy atom. The molecule has 10 heteroatoms. The number of nitro groups is 1. The highest BCUT2D eigenvalue weighted by Gasteiger charge is 2.33. The van der Waals surface area contributed by atoms with Crippen LogP contribution in [0.4, 0.5) is 11.4 Å². The van der Waals surface area contributed by atoms with Gasteiger partial charge in [-0.25, -0.2) is 0 Å². The maximum absolute atomic E-state index is 13.1. The highest BCUT2D eigenvalue weighted by atomic mass is 35.5. The quantitative estimate of drug-likeness (QED) is 0.475. The molecule has 174 valence electrons. The summed E-state index contributed by atoms with van der Waals surface area (Å²) in [4.78, 5) is 42.3. The normalized spacial score (nSPS) is 17.2. The van der Waals surface area contributed by atoms with Gasteiger partial charge in [-0.2, -0.15) is 0 Å². The average molecular weight is 491 g/mol. The van der Waals surface area contributed by atoms with E-state index >= 15 is 0 Å². The lowest BCUT2D eigenvalue weighted by Gasteiger charge is -2.39. The van der Waals surface area contributed by atoms with Gasteiger partial charge in [0.2, 0.25) is 5.91 Å². The van der Waals surface area contributed by atoms with E-state index in [1.165, 1.54) is 6.07 Å². The fourth-order valence-electron chi connectivity index (χ4n) is 4.50. The second-order valence-electron chi connectivity index (χ2n) is 8.28. The number of amides is 2. The third-order valence-corrected chi connectivity index (χ3v) is 6.69. The number of para-hydroxylation sites is 2. The summed E-state index contributed by atoms with van der Waals surface area (Å²) in [6.07, 6.45) is 1.29. The molecule has 0 atom stereocenters. The molecule has 2 heterocycles. The third-order valence-electron chi connectivity index (χ3n) is 6.25. The van der Waals surface area contributed by atoms with E-state index < -0.39 is 0 Å². The number of hydrogen-bond acceptors (Lipinski definition) is 5. The molecule has 2 aromatic carbocycles. The number of piperidine rings is 1. The second-order valence-corrected chi connectivity index (χ2v) is 9.16. The summed E-state index contributed by atoms with van der Waals surface area (Å²) in [7, 11) is 0. The van der Waals surface area contributed by atoms with Crippen LogP contribution in [0.1, 0.15) is 23.2 Å². The van der Waals surface area contributed by atoms with Gasteiger partial charge >= 0.3 is 0 Å². The Bertz CT molecular complexity index is 1040. The Labute approximate surface area is 201 Å². The maximum atomic E-state index is 13.1. The van der Waals surface area contributed by atoms with E-state index in [0.717, 1.165) is 0 Å². The van der Waals surface area contributed by atoms with Crippen LogP contribution in [0.25, 0.3) is 0 Å². The summed E-state index contributed by atoms with van der Waals surface area (Å²) in [5, 5.41) is 12.1. The predicted octanol–water partition coefficient (Wildman–Crippen LogP) is 4.10. The zero-order valence-electron chi connectivity index (χ0n) is 18.0. The first-order chi connectivity index (χ1) is 15.8. The molecule has 0 unspecified atom stereocenters. The number of benzene rings is 2. The molecule has 2 amide bonds. The molecular formula is C23H24Cl2N4O4. The SMILES string of the molecule is O=C(c1cc(Cl)cc(Cl)c1)N1CCN(C(=O)C2CCN(c3ccccc3[N+](=O)[O-])CC2)CC1. The van der Waals surface area contributed by atoms with Gasteiger partial charge in [0.25, 0.3) is 11.6 Å². The Morgan fingerprint density at radius 2 is 1.45 bits per heavy atom. The Morgan fingerprint density at radius 3 is 2.06 bits per heavy atom. The van der Waals surface area contributed by atoms with E-state index in [0.29, 0.717) is 73.4 Å². The van der Waals surface area contributed by atoms with Crippen molar-refractivity contribution < 1.29 is 14.5 Å². The Hall–Kier alpha value is -2.84. The molecule has 2 aliphatic rings. The van der Waals surface area contributed by atoms with Crippen LogP contribution < -0.4 is 4.90 Å². The highest BCUT2D eigenvalue weighted by Crippen LogP contribution is 2.31. The minimum atomic E-state index is -0.370. The zero-order chi connectivity index (χ0) is 23.5. The van der Waals surface area contributed by atoms with Gasteiger partial charge in [-0.15, -0.1) is 0 Å². The van der Waals surface area contributed by atoms with E-state index in [2.05, 4.69) is 0 Å². The Balaban J connectivity index is 1.31. The predicted molar refractivity (Wildman–Crippen MR) is 127 cm³/mol. The highest BCUT2D eigenvalue weighted by molar-refractivity contribution is 6.35. The molecule has 33 heavy (non-hydrogen) atoms. The molecule has 0 bridgehead atoms. The van der Waals surface area contributed by atoms with Crippen molar-refractivity contribution in [3.8, 4) is 0 Å². The van der Waals surface area contributed by atoms with Crippen LogP contribution in [0.5, 0.6) is 0 Å². The van der Waals surface area contributed by atoms with Crippen LogP contribution in [-0.2, 0) is 4.79 Å². The van der Waals surface area contributed by atoms with Crippen molar-refractivity contribution in [2.75, 3.05) is 44.2 Å². The van der Waals surface area contributed by atoms with Crippen LogP contribution in [0, 0.1) is 16.0 Å². The monoisotopic (exact) mass is 490 g/mol. The first-order valence-corrected chi connectivity index (χ1v) is 11.6. The molecule has 0 saturated carbocycles. The summed E-state index contributed by atoms with van der Waals surface area (Å²) in [5.41, 5.74) is 1.13. The molecule has 0 N–H and O–H groups in total. The smallest absolute Gasteiger partial charge is 0.292 e. The number of hydrogen-bond donors (Lipinski definition) is 0. The van der Waals surface area contributed by atoms with E-state index in [1.807, 2.05) is 9.80 Å². The van der Waals surface area contributed by atoms with Crippen molar-refractivity contribution >= 4 is 46.4 Å². The van der Waals surface area contributed by atoms with Gasteiger partial charge in [-0.05, 0) is 37.1 Å². The van der Waals surface area contributed by atoms with E-state index in [4.69, 9.17) is 23.2 Å². The van der Waals surface area contributed by atoms with Crippen molar-refractivity contribution in [1.82, 2.24) is 9.80 Å². The van der Waals surface area contributed by atoms with Crippen LogP contribution in [-0.4, -0.2) is 65.8 Å². The first kappa shape index (κ1) is 23.3. The number of carbonyl (C=O) groups is 2. The van der Waals surface area contributed by atoms with Crippen molar-refractivity contribution in [2.24, 2.45) is 5.92 Å². The molecule has 2 aliphatic heterocycles. The fraction of sp³-hybridized carbons (Fsp3) is 0.391. The molecule has 0 spiro atoms. The zero-order valence-corrected chi connectivity index (χ0v) is 19.5. The summed E-state index contributed by atoms with van der Waals surface area (Å²) in [6.45, 7) is 3.03. The number of nitrogens with zero attached hydrogens (tertiary/aromatic N) is 4. The lowest BCUT2D eigenvalue weighted by atomic mass is 9.94. The van der Waals surface area contributed by atoms with Gasteiger partial charge in [0, 0.05) is 66.9 Å². The van der Waals surface area contributed by atoms with Crippen molar-refractivity contribution in [2.45, 2.75) is 12.8 Å². The molecule has 2 aromatic rings. The minimum Gasteiger partial charge on any atom is -0.366 e. The summed E-state index contributed by atoms with van der Waals surface area (Å²) in [5.74, 6) is -0.169. The fourth-order valence-corrected chi connectivity index (χ4v) is 5.03. The van der Waals surface area contributed by atoms with Crippen LogP contribution in [0.15, 0.2) is 42.5 Å². The van der Waals surface area contributed by atoms with E-state index in [9.17, 15) is 19.7 Å². The number of anilines is 1. The molecule has 0 aliphatic carbocycles. The maximum Gasteiger partial charge on any atom is 0.292 e. The molecule has 2 fully saturated rings. The van der Waals surface area contributed by atoms with Gasteiger partial charge in [0.1, 0.15) is 5.69 Å². The molecule has 4 rings (SSSR count).